The lowest BCUT2D eigenvalue weighted by Gasteiger charge is -2.31. The summed E-state index contributed by atoms with van der Waals surface area (Å²) in [6, 6.07) is -0.0648. The highest BCUT2D eigenvalue weighted by atomic mass is 16.4. The van der Waals surface area contributed by atoms with Crippen molar-refractivity contribution in [1.29, 1.82) is 0 Å². The molecule has 0 radical (unpaired) electrons. The van der Waals surface area contributed by atoms with Crippen molar-refractivity contribution in [2.75, 3.05) is 13.1 Å². The van der Waals surface area contributed by atoms with E-state index in [0.717, 1.165) is 12.8 Å². The van der Waals surface area contributed by atoms with Gasteiger partial charge in [-0.25, -0.2) is 4.79 Å². The normalized spacial score (nSPS) is 14.5. The van der Waals surface area contributed by atoms with Crippen LogP contribution in [0.15, 0.2) is 12.7 Å². The second-order valence-electron chi connectivity index (χ2n) is 4.57. The third kappa shape index (κ3) is 3.76. The Labute approximate surface area is 102 Å². The number of carboxylic acids is 1. The minimum Gasteiger partial charge on any atom is -0.480 e. The lowest BCUT2D eigenvalue weighted by Crippen LogP contribution is -2.49. The monoisotopic (exact) mass is 240 g/mol. The minimum atomic E-state index is -0.965. The van der Waals surface area contributed by atoms with Crippen molar-refractivity contribution in [2.24, 2.45) is 0 Å². The van der Waals surface area contributed by atoms with Gasteiger partial charge in [0.15, 0.2) is 0 Å². The molecule has 0 aliphatic heterocycles. The van der Waals surface area contributed by atoms with Gasteiger partial charge in [0.1, 0.15) is 6.54 Å². The first-order valence-electron chi connectivity index (χ1n) is 5.87. The molecule has 0 spiro atoms. The fourth-order valence-corrected chi connectivity index (χ4v) is 1.70. The molecule has 0 saturated heterocycles. The van der Waals surface area contributed by atoms with E-state index in [1.54, 1.807) is 11.0 Å². The Morgan fingerprint density at radius 1 is 1.47 bits per heavy atom. The molecule has 5 nitrogen and oxygen atoms in total. The highest BCUT2D eigenvalue weighted by Crippen LogP contribution is 2.27. The molecule has 0 aromatic heterocycles. The van der Waals surface area contributed by atoms with E-state index in [1.165, 1.54) is 4.90 Å². The zero-order valence-corrected chi connectivity index (χ0v) is 10.4. The predicted octanol–water partition coefficient (Wildman–Crippen LogP) is 1.55. The molecule has 96 valence electrons. The number of urea groups is 1. The average molecular weight is 240 g/mol. The molecule has 1 aliphatic rings. The summed E-state index contributed by atoms with van der Waals surface area (Å²) in [5.41, 5.74) is 0. The van der Waals surface area contributed by atoms with Crippen LogP contribution in [0, 0.1) is 0 Å². The van der Waals surface area contributed by atoms with E-state index in [2.05, 4.69) is 6.58 Å². The van der Waals surface area contributed by atoms with Crippen LogP contribution in [-0.2, 0) is 4.79 Å². The summed E-state index contributed by atoms with van der Waals surface area (Å²) in [4.78, 5) is 26.1. The summed E-state index contributed by atoms with van der Waals surface area (Å²) < 4.78 is 0. The van der Waals surface area contributed by atoms with Gasteiger partial charge in [-0.3, -0.25) is 4.79 Å². The lowest BCUT2D eigenvalue weighted by molar-refractivity contribution is -0.137. The SMILES string of the molecule is C=CCN(C(=O)N(CC(=O)O)C1CC1)C(C)C. The number of carbonyl (C=O) groups is 2. The van der Waals surface area contributed by atoms with Crippen molar-refractivity contribution in [3.8, 4) is 0 Å². The summed E-state index contributed by atoms with van der Waals surface area (Å²) in [5, 5.41) is 8.83. The third-order valence-corrected chi connectivity index (χ3v) is 2.73. The standard InChI is InChI=1S/C12H20N2O3/c1-4-7-13(9(2)3)12(17)14(8-11(15)16)10-5-6-10/h4,9-10H,1,5-8H2,2-3H3,(H,15,16). The Bertz CT molecular complexity index is 311. The van der Waals surface area contributed by atoms with Crippen molar-refractivity contribution in [2.45, 2.75) is 38.8 Å². The molecule has 1 aliphatic carbocycles. The number of amides is 2. The van der Waals surface area contributed by atoms with E-state index in [9.17, 15) is 9.59 Å². The third-order valence-electron chi connectivity index (χ3n) is 2.73. The minimum absolute atomic E-state index is 0.0375. The molecule has 0 atom stereocenters. The number of carboxylic acid groups (broad SMARTS) is 1. The number of aliphatic carboxylic acids is 1. The molecule has 1 N–H and O–H groups in total. The van der Waals surface area contributed by atoms with Crippen molar-refractivity contribution in [3.63, 3.8) is 0 Å². The molecule has 2 amide bonds. The Balaban J connectivity index is 2.73. The second-order valence-corrected chi connectivity index (χ2v) is 4.57. The van der Waals surface area contributed by atoms with Crippen molar-refractivity contribution in [1.82, 2.24) is 9.80 Å². The van der Waals surface area contributed by atoms with Gasteiger partial charge in [0.25, 0.3) is 0 Å². The van der Waals surface area contributed by atoms with Crippen molar-refractivity contribution < 1.29 is 14.7 Å². The molecule has 0 aromatic carbocycles. The molecule has 1 saturated carbocycles. The van der Waals surface area contributed by atoms with Gasteiger partial charge in [-0.15, -0.1) is 6.58 Å². The van der Waals surface area contributed by atoms with Crippen LogP contribution in [0.1, 0.15) is 26.7 Å². The Morgan fingerprint density at radius 2 is 2.06 bits per heavy atom. The highest BCUT2D eigenvalue weighted by Gasteiger charge is 2.36. The van der Waals surface area contributed by atoms with Gasteiger partial charge >= 0.3 is 12.0 Å². The zero-order chi connectivity index (χ0) is 13.0. The van der Waals surface area contributed by atoms with Crippen molar-refractivity contribution in [3.05, 3.63) is 12.7 Å². The molecule has 0 unspecified atom stereocenters. The summed E-state index contributed by atoms with van der Waals surface area (Å²) in [6.07, 6.45) is 3.46. The topological polar surface area (TPSA) is 60.9 Å². The van der Waals surface area contributed by atoms with Gasteiger partial charge in [-0.1, -0.05) is 6.08 Å². The molecule has 0 bridgehead atoms. The zero-order valence-electron chi connectivity index (χ0n) is 10.4. The molecule has 5 heteroatoms. The van der Waals surface area contributed by atoms with Crippen LogP contribution in [-0.4, -0.2) is 52.1 Å². The first kappa shape index (κ1) is 13.5. The van der Waals surface area contributed by atoms with E-state index in [-0.39, 0.29) is 24.7 Å². The van der Waals surface area contributed by atoms with Crippen LogP contribution < -0.4 is 0 Å². The van der Waals surface area contributed by atoms with Gasteiger partial charge in [-0.05, 0) is 26.7 Å². The van der Waals surface area contributed by atoms with Gasteiger partial charge in [0.05, 0.1) is 0 Å². The Hall–Kier alpha value is -1.52. The fraction of sp³-hybridized carbons (Fsp3) is 0.667. The highest BCUT2D eigenvalue weighted by molar-refractivity contribution is 5.81. The molecular weight excluding hydrogens is 220 g/mol. The predicted molar refractivity (Wildman–Crippen MR) is 64.8 cm³/mol. The maximum absolute atomic E-state index is 12.2. The first-order valence-corrected chi connectivity index (χ1v) is 5.87. The second kappa shape index (κ2) is 5.70. The summed E-state index contributed by atoms with van der Waals surface area (Å²) in [7, 11) is 0. The number of carbonyl (C=O) groups excluding carboxylic acids is 1. The number of nitrogens with zero attached hydrogens (tertiary/aromatic N) is 2. The van der Waals surface area contributed by atoms with Crippen molar-refractivity contribution >= 4 is 12.0 Å². The van der Waals surface area contributed by atoms with Crippen LogP contribution >= 0.6 is 0 Å². The lowest BCUT2D eigenvalue weighted by atomic mass is 10.3. The van der Waals surface area contributed by atoms with Crippen LogP contribution in [0.4, 0.5) is 4.79 Å². The summed E-state index contributed by atoms with van der Waals surface area (Å²) >= 11 is 0. The van der Waals surface area contributed by atoms with Gasteiger partial charge in [0.2, 0.25) is 0 Å². The Kier molecular flexibility index (Phi) is 4.54. The van der Waals surface area contributed by atoms with E-state index < -0.39 is 5.97 Å². The van der Waals surface area contributed by atoms with Crippen LogP contribution in [0.25, 0.3) is 0 Å². The molecular formula is C12H20N2O3. The molecule has 0 heterocycles. The molecule has 1 rings (SSSR count). The van der Waals surface area contributed by atoms with E-state index in [4.69, 9.17) is 5.11 Å². The number of hydrogen-bond acceptors (Lipinski definition) is 2. The van der Waals surface area contributed by atoms with Crippen LogP contribution in [0.3, 0.4) is 0 Å². The summed E-state index contributed by atoms with van der Waals surface area (Å²) in [5.74, 6) is -0.965. The summed E-state index contributed by atoms with van der Waals surface area (Å²) in [6.45, 7) is 7.66. The quantitative estimate of drug-likeness (QED) is 0.716. The first-order chi connectivity index (χ1) is 7.97. The number of rotatable bonds is 6. The van der Waals surface area contributed by atoms with Crippen LogP contribution in [0.2, 0.25) is 0 Å². The average Bonchev–Trinajstić information content (AvgIpc) is 3.04. The van der Waals surface area contributed by atoms with Gasteiger partial charge in [0, 0.05) is 18.6 Å². The smallest absolute Gasteiger partial charge is 0.323 e. The van der Waals surface area contributed by atoms with Gasteiger partial charge < -0.3 is 14.9 Å². The van der Waals surface area contributed by atoms with Crippen LogP contribution in [0.5, 0.6) is 0 Å². The number of hydrogen-bond donors (Lipinski definition) is 1. The molecule has 17 heavy (non-hydrogen) atoms. The van der Waals surface area contributed by atoms with E-state index in [0.29, 0.717) is 6.54 Å². The van der Waals surface area contributed by atoms with E-state index in [1.807, 2.05) is 13.8 Å². The maximum Gasteiger partial charge on any atom is 0.323 e. The Morgan fingerprint density at radius 3 is 2.41 bits per heavy atom. The molecule has 0 aromatic rings. The van der Waals surface area contributed by atoms with E-state index >= 15 is 0 Å². The largest absolute Gasteiger partial charge is 0.480 e. The fourth-order valence-electron chi connectivity index (χ4n) is 1.70. The molecule has 1 fully saturated rings. The van der Waals surface area contributed by atoms with Gasteiger partial charge in [-0.2, -0.15) is 0 Å². The maximum atomic E-state index is 12.2.